The maximum Gasteiger partial charge on any atom is 0.412 e. The molecule has 1 heterocycles. The molecule has 0 aliphatic carbocycles. The number of carbonyl (C=O) groups is 1. The van der Waals surface area contributed by atoms with Gasteiger partial charge >= 0.3 is 6.09 Å². The van der Waals surface area contributed by atoms with Crippen molar-refractivity contribution < 1.29 is 34.7 Å². The summed E-state index contributed by atoms with van der Waals surface area (Å²) in [6.45, 7) is 6.18. The maximum atomic E-state index is 13.4. The highest BCUT2D eigenvalue weighted by atomic mass is 16.6. The Kier molecular flexibility index (Phi) is 28.1. The first-order valence-corrected chi connectivity index (χ1v) is 20.1. The van der Waals surface area contributed by atoms with E-state index in [1.54, 1.807) is 0 Å². The summed E-state index contributed by atoms with van der Waals surface area (Å²) in [7, 11) is 0. The molecule has 0 saturated carbocycles. The Labute approximate surface area is 289 Å². The fourth-order valence-electron chi connectivity index (χ4n) is 6.71. The van der Waals surface area contributed by atoms with Crippen LogP contribution in [0.1, 0.15) is 194 Å². The number of rotatable bonds is 31. The van der Waals surface area contributed by atoms with E-state index in [-0.39, 0.29) is 6.10 Å². The Morgan fingerprint density at radius 2 is 0.979 bits per heavy atom. The molecule has 8 heteroatoms. The highest BCUT2D eigenvalue weighted by Crippen LogP contribution is 2.26. The Balaban J connectivity index is 2.33. The number of unbranched alkanes of at least 4 members (excludes halogenated alkanes) is 24. The molecule has 0 bridgehead atoms. The molecule has 280 valence electrons. The van der Waals surface area contributed by atoms with E-state index in [0.717, 1.165) is 38.5 Å². The van der Waals surface area contributed by atoms with Gasteiger partial charge in [0.05, 0.1) is 6.61 Å². The van der Waals surface area contributed by atoms with Crippen LogP contribution in [0.2, 0.25) is 0 Å². The van der Waals surface area contributed by atoms with Gasteiger partial charge in [0.15, 0.2) is 6.23 Å². The van der Waals surface area contributed by atoms with Gasteiger partial charge in [0.25, 0.3) is 0 Å². The lowest BCUT2D eigenvalue weighted by atomic mass is 9.97. The molecule has 4 N–H and O–H groups in total. The van der Waals surface area contributed by atoms with E-state index in [1.165, 1.54) is 133 Å². The van der Waals surface area contributed by atoms with E-state index in [0.29, 0.717) is 13.0 Å². The van der Waals surface area contributed by atoms with Crippen molar-refractivity contribution in [3.63, 3.8) is 0 Å². The zero-order chi connectivity index (χ0) is 34.5. The average Bonchev–Trinajstić information content (AvgIpc) is 3.06. The predicted octanol–water partition coefficient (Wildman–Crippen LogP) is 9.19. The van der Waals surface area contributed by atoms with E-state index in [1.807, 2.05) is 6.92 Å². The van der Waals surface area contributed by atoms with Crippen LogP contribution in [0.25, 0.3) is 0 Å². The van der Waals surface area contributed by atoms with Crippen molar-refractivity contribution in [2.24, 2.45) is 0 Å². The summed E-state index contributed by atoms with van der Waals surface area (Å²) in [6.07, 6.45) is 25.7. The maximum absolute atomic E-state index is 13.4. The summed E-state index contributed by atoms with van der Waals surface area (Å²) in [4.78, 5) is 14.7. The molecule has 1 aliphatic rings. The second kappa shape index (κ2) is 29.9. The predicted molar refractivity (Wildman–Crippen MR) is 192 cm³/mol. The van der Waals surface area contributed by atoms with Crippen LogP contribution in [0.4, 0.5) is 4.79 Å². The van der Waals surface area contributed by atoms with Crippen LogP contribution in [-0.2, 0) is 9.47 Å². The lowest BCUT2D eigenvalue weighted by molar-refractivity contribution is -0.259. The monoisotopic (exact) mass is 672 g/mol. The van der Waals surface area contributed by atoms with Gasteiger partial charge in [-0.05, 0) is 26.2 Å². The van der Waals surface area contributed by atoms with E-state index >= 15 is 0 Å². The first kappa shape index (κ1) is 44.1. The van der Waals surface area contributed by atoms with Gasteiger partial charge in [-0.25, -0.2) is 4.79 Å². The van der Waals surface area contributed by atoms with Gasteiger partial charge < -0.3 is 29.9 Å². The fraction of sp³-hybridized carbons (Fsp3) is 0.974. The smallest absolute Gasteiger partial charge is 0.412 e. The number of hydrogen-bond donors (Lipinski definition) is 4. The molecular weight excluding hydrogens is 594 g/mol. The highest BCUT2D eigenvalue weighted by molar-refractivity contribution is 5.68. The minimum atomic E-state index is -1.53. The third kappa shape index (κ3) is 21.0. The number of ether oxygens (including phenoxy) is 2. The van der Waals surface area contributed by atoms with Crippen LogP contribution in [0.3, 0.4) is 0 Å². The Morgan fingerprint density at radius 3 is 1.38 bits per heavy atom. The normalized spacial score (nSPS) is 22.0. The quantitative estimate of drug-likeness (QED) is 0.0543. The van der Waals surface area contributed by atoms with E-state index in [4.69, 9.17) is 9.47 Å². The topological polar surface area (TPSA) is 120 Å². The van der Waals surface area contributed by atoms with Crippen molar-refractivity contribution in [1.29, 1.82) is 0 Å². The minimum Gasteiger partial charge on any atom is -0.446 e. The summed E-state index contributed by atoms with van der Waals surface area (Å²) >= 11 is 0. The van der Waals surface area contributed by atoms with Gasteiger partial charge in [-0.3, -0.25) is 4.90 Å². The molecule has 1 rings (SSSR count). The first-order chi connectivity index (χ1) is 22.9. The highest BCUT2D eigenvalue weighted by Gasteiger charge is 2.47. The molecule has 0 spiro atoms. The average molecular weight is 672 g/mol. The largest absolute Gasteiger partial charge is 0.446 e. The molecule has 2 unspecified atom stereocenters. The first-order valence-electron chi connectivity index (χ1n) is 20.1. The Hall–Kier alpha value is -0.930. The SMILES string of the molecule is CCCCCCCCCCCCCCCCCCC(C)OC(=O)N(CCCCCCCCCCCC)C1O[C@H](CO)[C@@H](O)[C@H](O)[C@H]1O. The van der Waals surface area contributed by atoms with Crippen molar-refractivity contribution >= 4 is 6.09 Å². The summed E-state index contributed by atoms with van der Waals surface area (Å²) < 4.78 is 11.5. The molecule has 1 saturated heterocycles. The number of aliphatic hydroxyl groups excluding tert-OH is 4. The molecular formula is C39H77NO7. The second-order valence-corrected chi connectivity index (χ2v) is 14.4. The van der Waals surface area contributed by atoms with Crippen LogP contribution in [0.15, 0.2) is 0 Å². The van der Waals surface area contributed by atoms with Crippen LogP contribution in [0.5, 0.6) is 0 Å². The fourth-order valence-corrected chi connectivity index (χ4v) is 6.71. The van der Waals surface area contributed by atoms with Crippen LogP contribution >= 0.6 is 0 Å². The van der Waals surface area contributed by atoms with E-state index < -0.39 is 43.3 Å². The lowest BCUT2D eigenvalue weighted by Gasteiger charge is -2.44. The minimum absolute atomic E-state index is 0.283. The van der Waals surface area contributed by atoms with Crippen molar-refractivity contribution in [3.05, 3.63) is 0 Å². The molecule has 1 aliphatic heterocycles. The molecule has 47 heavy (non-hydrogen) atoms. The third-order valence-corrected chi connectivity index (χ3v) is 9.93. The number of amides is 1. The van der Waals surface area contributed by atoms with Gasteiger partial charge in [-0.2, -0.15) is 0 Å². The van der Waals surface area contributed by atoms with Gasteiger partial charge in [0.1, 0.15) is 30.5 Å². The third-order valence-electron chi connectivity index (χ3n) is 9.93. The summed E-state index contributed by atoms with van der Waals surface area (Å²) in [6, 6.07) is 0. The zero-order valence-electron chi connectivity index (χ0n) is 30.9. The molecule has 8 nitrogen and oxygen atoms in total. The number of aliphatic hydroxyl groups is 4. The van der Waals surface area contributed by atoms with E-state index in [9.17, 15) is 25.2 Å². The standard InChI is InChI=1S/C39H77NO7/c1-4-6-8-10-12-14-16-17-18-19-20-21-22-24-26-28-30-33(3)46-39(45)40(31-29-27-25-23-15-13-11-9-7-5-2)38-37(44)36(43)35(42)34(32-41)47-38/h33-38,41-44H,4-32H2,1-3H3/t33?,34-,35-,36+,37-,38?/m1/s1. The van der Waals surface area contributed by atoms with Crippen LogP contribution in [0, 0.1) is 0 Å². The molecule has 6 atom stereocenters. The summed E-state index contributed by atoms with van der Waals surface area (Å²) in [5.74, 6) is 0. The van der Waals surface area contributed by atoms with Gasteiger partial charge in [-0.15, -0.1) is 0 Å². The van der Waals surface area contributed by atoms with Gasteiger partial charge in [0, 0.05) is 6.54 Å². The lowest BCUT2D eigenvalue weighted by Crippen LogP contribution is -2.64. The van der Waals surface area contributed by atoms with Crippen molar-refractivity contribution in [2.45, 2.75) is 231 Å². The zero-order valence-corrected chi connectivity index (χ0v) is 30.9. The molecule has 0 aromatic carbocycles. The Morgan fingerprint density at radius 1 is 0.596 bits per heavy atom. The molecule has 1 fully saturated rings. The molecule has 0 aromatic heterocycles. The second-order valence-electron chi connectivity index (χ2n) is 14.4. The number of nitrogens with zero attached hydrogens (tertiary/aromatic N) is 1. The van der Waals surface area contributed by atoms with Crippen molar-refractivity contribution in [3.8, 4) is 0 Å². The molecule has 0 aromatic rings. The molecule has 1 amide bonds. The number of carbonyl (C=O) groups excluding carboxylic acids is 1. The van der Waals surface area contributed by atoms with Gasteiger partial charge in [0.2, 0.25) is 0 Å². The van der Waals surface area contributed by atoms with Crippen LogP contribution < -0.4 is 0 Å². The van der Waals surface area contributed by atoms with E-state index in [2.05, 4.69) is 13.8 Å². The Bertz CT molecular complexity index is 709. The van der Waals surface area contributed by atoms with Gasteiger partial charge in [-0.1, -0.05) is 168 Å². The van der Waals surface area contributed by atoms with Crippen molar-refractivity contribution in [2.75, 3.05) is 13.2 Å². The number of hydrogen-bond acceptors (Lipinski definition) is 7. The summed E-state index contributed by atoms with van der Waals surface area (Å²) in [5.41, 5.74) is 0. The van der Waals surface area contributed by atoms with Crippen LogP contribution in [-0.4, -0.2) is 81.3 Å². The van der Waals surface area contributed by atoms with Crippen molar-refractivity contribution in [1.82, 2.24) is 4.90 Å². The molecule has 0 radical (unpaired) electrons. The summed E-state index contributed by atoms with van der Waals surface area (Å²) in [5, 5.41) is 41.0.